The van der Waals surface area contributed by atoms with E-state index >= 15 is 0 Å². The third-order valence-electron chi connectivity index (χ3n) is 0. The van der Waals surface area contributed by atoms with Gasteiger partial charge in [-0.3, -0.25) is 0 Å². The molecule has 0 aliphatic carbocycles. The molecule has 0 rings (SSSR count). The summed E-state index contributed by atoms with van der Waals surface area (Å²) in [4.78, 5) is 0. The first kappa shape index (κ1) is 174. The summed E-state index contributed by atoms with van der Waals surface area (Å²) in [5, 5.41) is 0. The van der Waals surface area contributed by atoms with Gasteiger partial charge < -0.3 is 35.6 Å². The van der Waals surface area contributed by atoms with Crippen molar-refractivity contribution in [1.82, 2.24) is 24.6 Å². The van der Waals surface area contributed by atoms with Gasteiger partial charge in [0.25, 0.3) is 0 Å². The average molecular weight is 275 g/mol. The monoisotopic (exact) mass is 274 g/mol. The number of hydrogen-bond acceptors (Lipinski definition) is 6. The zero-order valence-electron chi connectivity index (χ0n) is 5.37. The van der Waals surface area contributed by atoms with E-state index in [1.807, 2.05) is 0 Å². The Labute approximate surface area is 76.3 Å². The van der Waals surface area contributed by atoms with Gasteiger partial charge in [0.05, 0.1) is 0 Å². The quantitative estimate of drug-likeness (QED) is 0.376. The van der Waals surface area contributed by atoms with Crippen LogP contribution < -0.4 is 24.6 Å². The molecule has 0 aromatic rings. The van der Waals surface area contributed by atoms with Gasteiger partial charge in [-0.1, -0.05) is 0 Å². The van der Waals surface area contributed by atoms with E-state index < -0.39 is 11.6 Å². The minimum atomic E-state index is -0.750. The number of hydrogen-bond donors (Lipinski definition) is 4. The molecule has 0 heterocycles. The molecule has 0 radical (unpaired) electrons. The molecule has 0 atom stereocenters. The second kappa shape index (κ2) is 407. The van der Waals surface area contributed by atoms with Crippen molar-refractivity contribution in [3.63, 3.8) is 0 Å². The molecule has 10 heteroatoms. The van der Waals surface area contributed by atoms with Crippen molar-refractivity contribution >= 4 is 11.6 Å². The van der Waals surface area contributed by atoms with Crippen LogP contribution in [0.4, 0.5) is 0 Å². The minimum absolute atomic E-state index is 0. The normalized spacial score (nSPS) is 1.20. The molecule has 0 unspecified atom stereocenters. The van der Waals surface area contributed by atoms with Crippen molar-refractivity contribution in [3.05, 3.63) is 0 Å². The molecule has 8 nitrogen and oxygen atoms in total. The molecule has 0 saturated carbocycles. The molecule has 0 aliphatic heterocycles. The van der Waals surface area contributed by atoms with Gasteiger partial charge in [0.15, 0.2) is 0 Å². The van der Waals surface area contributed by atoms with Crippen LogP contribution in [0.3, 0.4) is 0 Å². The summed E-state index contributed by atoms with van der Waals surface area (Å²) in [7, 11) is 0. The Kier molecular flexibility index (Phi) is 7080. The van der Waals surface area contributed by atoms with E-state index in [9.17, 15) is 0 Å². The molecule has 0 saturated heterocycles. The Morgan fingerprint density at radius 3 is 0.700 bits per heavy atom. The van der Waals surface area contributed by atoms with Crippen molar-refractivity contribution in [3.8, 4) is 0 Å². The molecule has 0 spiro atoms. The first-order valence-corrected chi connectivity index (χ1v) is 1.00. The molecular weight excluding hydrogens is 259 g/mol. The van der Waals surface area contributed by atoms with Crippen LogP contribution in [-0.4, -0.2) is 19.4 Å². The van der Waals surface area contributed by atoms with Crippen molar-refractivity contribution in [1.29, 1.82) is 0 Å². The molecule has 0 aromatic carbocycles. The Bertz CT molecular complexity index is 38.2. The van der Waals surface area contributed by atoms with E-state index in [4.69, 9.17) is 8.42 Å². The van der Waals surface area contributed by atoms with Crippen LogP contribution in [0.25, 0.3) is 0 Å². The third-order valence-corrected chi connectivity index (χ3v) is 0. The smallest absolute Gasteiger partial charge is 0.335 e. The van der Waals surface area contributed by atoms with E-state index in [1.54, 1.807) is 0 Å². The molecule has 10 heavy (non-hydrogen) atoms. The fourth-order valence-corrected chi connectivity index (χ4v) is 0. The molecule has 16 N–H and O–H groups in total. The van der Waals surface area contributed by atoms with Crippen LogP contribution in [0.2, 0.25) is 0 Å². The molecule has 0 aromatic heterocycles. The Hall–Kier alpha value is 0.242. The summed E-state index contributed by atoms with van der Waals surface area (Å²) in [6.07, 6.45) is 0. The van der Waals surface area contributed by atoms with Gasteiger partial charge in [-0.15, -0.1) is 0 Å². The largest absolute Gasteiger partial charge is 0.412 e. The van der Waals surface area contributed by atoms with Gasteiger partial charge >= 0.3 is 11.6 Å². The SMILES string of the molecule is N.N.N.N.O.O.O=S=O.[Pd]. The first-order valence-electron chi connectivity index (χ1n) is 0.333. The van der Waals surface area contributed by atoms with Gasteiger partial charge in [0.1, 0.15) is 0 Å². The average Bonchev–Trinajstić information content (AvgIpc) is 0.918. The minimum Gasteiger partial charge on any atom is -0.412 e. The maximum absolute atomic E-state index is 8.29. The molecule has 0 amide bonds. The van der Waals surface area contributed by atoms with E-state index in [-0.39, 0.29) is 56.0 Å². The standard InChI is InChI=1S/4H3N.O2S.2H2O.Pd/c;;;;1-3-2;;;/h4*1H3;;2*1H2;. The predicted molar refractivity (Wildman–Crippen MR) is 36.2 cm³/mol. The summed E-state index contributed by atoms with van der Waals surface area (Å²) in [6, 6.07) is 0. The maximum atomic E-state index is 8.29. The van der Waals surface area contributed by atoms with E-state index in [0.29, 0.717) is 0 Å². The van der Waals surface area contributed by atoms with Crippen molar-refractivity contribution in [2.45, 2.75) is 0 Å². The van der Waals surface area contributed by atoms with E-state index in [0.717, 1.165) is 0 Å². The second-order valence-corrected chi connectivity index (χ2v) is 0.204. The molecule has 76 valence electrons. The molecule has 0 bridgehead atoms. The van der Waals surface area contributed by atoms with Gasteiger partial charge in [0.2, 0.25) is 0 Å². The fraction of sp³-hybridized carbons (Fsp3) is 0. The van der Waals surface area contributed by atoms with E-state index in [1.165, 1.54) is 0 Å². The van der Waals surface area contributed by atoms with Crippen LogP contribution in [0.5, 0.6) is 0 Å². The third kappa shape index (κ3) is 7360. The van der Waals surface area contributed by atoms with Crippen LogP contribution in [-0.2, 0) is 32.0 Å². The summed E-state index contributed by atoms with van der Waals surface area (Å²) < 4.78 is 16.6. The Morgan fingerprint density at radius 1 is 0.700 bits per heavy atom. The zero-order valence-corrected chi connectivity index (χ0v) is 7.74. The van der Waals surface area contributed by atoms with E-state index in [2.05, 4.69) is 0 Å². The Morgan fingerprint density at radius 2 is 0.700 bits per heavy atom. The van der Waals surface area contributed by atoms with Crippen molar-refractivity contribution in [2.75, 3.05) is 0 Å². The van der Waals surface area contributed by atoms with Gasteiger partial charge in [0, 0.05) is 20.4 Å². The maximum Gasteiger partial charge on any atom is 0.335 e. The Balaban J connectivity index is -0.000000000952. The topological polar surface area (TPSA) is 237 Å². The second-order valence-electron chi connectivity index (χ2n) is 0.0680. The fourth-order valence-electron chi connectivity index (χ4n) is 0. The van der Waals surface area contributed by atoms with Gasteiger partial charge in [-0.05, 0) is 0 Å². The van der Waals surface area contributed by atoms with Crippen LogP contribution in [0.1, 0.15) is 0 Å². The van der Waals surface area contributed by atoms with Crippen LogP contribution in [0, 0.1) is 0 Å². The van der Waals surface area contributed by atoms with Crippen LogP contribution >= 0.6 is 0 Å². The van der Waals surface area contributed by atoms with Crippen LogP contribution in [0.15, 0.2) is 0 Å². The zero-order chi connectivity index (χ0) is 2.71. The summed E-state index contributed by atoms with van der Waals surface area (Å²) in [5.41, 5.74) is 0. The molecule has 0 fully saturated rings. The predicted octanol–water partition coefficient (Wildman–Crippen LogP) is -1.67. The summed E-state index contributed by atoms with van der Waals surface area (Å²) in [6.45, 7) is 0. The summed E-state index contributed by atoms with van der Waals surface area (Å²) >= 11 is -0.750. The van der Waals surface area contributed by atoms with Gasteiger partial charge in [-0.2, -0.15) is 8.42 Å². The van der Waals surface area contributed by atoms with Gasteiger partial charge in [-0.25, -0.2) is 0 Å². The number of rotatable bonds is 0. The van der Waals surface area contributed by atoms with Crippen molar-refractivity contribution < 1.29 is 39.8 Å². The first-order chi connectivity index (χ1) is 1.41. The molecule has 0 aliphatic rings. The van der Waals surface area contributed by atoms with Crippen molar-refractivity contribution in [2.24, 2.45) is 0 Å². The molecular formula is H16N4O4PdS. The summed E-state index contributed by atoms with van der Waals surface area (Å²) in [5.74, 6) is 0.